The van der Waals surface area contributed by atoms with Crippen LogP contribution in [-0.2, 0) is 11.3 Å². The summed E-state index contributed by atoms with van der Waals surface area (Å²) in [7, 11) is 0. The van der Waals surface area contributed by atoms with E-state index in [9.17, 15) is 0 Å². The van der Waals surface area contributed by atoms with Gasteiger partial charge in [-0.25, -0.2) is 0 Å². The fraction of sp³-hybridized carbons (Fsp3) is 0.312. The molecule has 3 heterocycles. The fourth-order valence-corrected chi connectivity index (χ4v) is 3.00. The summed E-state index contributed by atoms with van der Waals surface area (Å²) in [6.45, 7) is 3.37. The minimum atomic E-state index is 0.253. The highest BCUT2D eigenvalue weighted by atomic mass is 16.5. The van der Waals surface area contributed by atoms with Crippen molar-refractivity contribution in [3.05, 3.63) is 54.0 Å². The minimum absolute atomic E-state index is 0.253. The number of nitrogens with one attached hydrogen (secondary N) is 2. The average Bonchev–Trinajstić information content (AvgIpc) is 3.19. The van der Waals surface area contributed by atoms with Crippen LogP contribution in [0.2, 0.25) is 0 Å². The van der Waals surface area contributed by atoms with Gasteiger partial charge >= 0.3 is 0 Å². The molecule has 1 aliphatic heterocycles. The standard InChI is InChI=1S/C16H18N4O/c1-2-14-13(3-5-17-14)9-12(1)10-20-7-8-21-11-16(20)15-4-6-18-19-15/h1-6,9,16-17H,7-8,10-11H2,(H,18,19). The average molecular weight is 282 g/mol. The monoisotopic (exact) mass is 282 g/mol. The van der Waals surface area contributed by atoms with Crippen LogP contribution in [0, 0.1) is 0 Å². The zero-order valence-electron chi connectivity index (χ0n) is 11.7. The molecule has 108 valence electrons. The highest BCUT2D eigenvalue weighted by molar-refractivity contribution is 5.79. The Bertz CT molecular complexity index is 719. The largest absolute Gasteiger partial charge is 0.378 e. The number of nitrogens with zero attached hydrogens (tertiary/aromatic N) is 2. The number of ether oxygens (including phenoxy) is 1. The van der Waals surface area contributed by atoms with Crippen molar-refractivity contribution in [2.45, 2.75) is 12.6 Å². The Kier molecular flexibility index (Phi) is 3.21. The first-order valence-electron chi connectivity index (χ1n) is 7.27. The first kappa shape index (κ1) is 12.6. The van der Waals surface area contributed by atoms with Gasteiger partial charge in [-0.15, -0.1) is 0 Å². The Morgan fingerprint density at radius 3 is 3.19 bits per heavy atom. The highest BCUT2D eigenvalue weighted by Crippen LogP contribution is 2.25. The summed E-state index contributed by atoms with van der Waals surface area (Å²) in [6.07, 6.45) is 3.78. The lowest BCUT2D eigenvalue weighted by Gasteiger charge is -2.34. The first-order valence-corrected chi connectivity index (χ1v) is 7.27. The lowest BCUT2D eigenvalue weighted by atomic mass is 10.1. The van der Waals surface area contributed by atoms with Gasteiger partial charge in [0.15, 0.2) is 0 Å². The molecule has 21 heavy (non-hydrogen) atoms. The molecule has 0 aliphatic carbocycles. The molecule has 0 saturated carbocycles. The molecule has 1 atom stereocenters. The van der Waals surface area contributed by atoms with Gasteiger partial charge in [0.05, 0.1) is 24.9 Å². The van der Waals surface area contributed by atoms with E-state index in [2.05, 4.69) is 44.3 Å². The number of rotatable bonds is 3. The number of hydrogen-bond donors (Lipinski definition) is 2. The lowest BCUT2D eigenvalue weighted by Crippen LogP contribution is -2.39. The molecule has 0 bridgehead atoms. The van der Waals surface area contributed by atoms with Crippen molar-refractivity contribution in [3.8, 4) is 0 Å². The van der Waals surface area contributed by atoms with Crippen LogP contribution in [0.3, 0.4) is 0 Å². The van der Waals surface area contributed by atoms with E-state index >= 15 is 0 Å². The number of aromatic nitrogens is 3. The molecule has 0 radical (unpaired) electrons. The summed E-state index contributed by atoms with van der Waals surface area (Å²) in [5.74, 6) is 0. The summed E-state index contributed by atoms with van der Waals surface area (Å²) >= 11 is 0. The molecule has 5 heteroatoms. The predicted octanol–water partition coefficient (Wildman–Crippen LogP) is 2.46. The van der Waals surface area contributed by atoms with Crippen molar-refractivity contribution < 1.29 is 4.74 Å². The first-order chi connectivity index (χ1) is 10.4. The van der Waals surface area contributed by atoms with Crippen molar-refractivity contribution >= 4 is 10.9 Å². The molecule has 1 fully saturated rings. The Hall–Kier alpha value is -2.11. The zero-order chi connectivity index (χ0) is 14.1. The Balaban J connectivity index is 1.58. The maximum Gasteiger partial charge on any atom is 0.0755 e. The van der Waals surface area contributed by atoms with E-state index in [0.29, 0.717) is 6.61 Å². The van der Waals surface area contributed by atoms with Crippen LogP contribution in [0.1, 0.15) is 17.3 Å². The molecule has 1 aliphatic rings. The van der Waals surface area contributed by atoms with Gasteiger partial charge in [0, 0.05) is 31.0 Å². The molecule has 4 rings (SSSR count). The van der Waals surface area contributed by atoms with Crippen molar-refractivity contribution in [1.29, 1.82) is 0 Å². The second kappa shape index (κ2) is 5.35. The number of benzene rings is 1. The van der Waals surface area contributed by atoms with Crippen LogP contribution in [0.4, 0.5) is 0 Å². The van der Waals surface area contributed by atoms with E-state index < -0.39 is 0 Å². The lowest BCUT2D eigenvalue weighted by molar-refractivity contribution is -0.0142. The molecule has 0 spiro atoms. The predicted molar refractivity (Wildman–Crippen MR) is 80.9 cm³/mol. The summed E-state index contributed by atoms with van der Waals surface area (Å²) < 4.78 is 5.64. The smallest absolute Gasteiger partial charge is 0.0755 e. The molecule has 2 N–H and O–H groups in total. The van der Waals surface area contributed by atoms with Gasteiger partial charge in [-0.2, -0.15) is 5.10 Å². The van der Waals surface area contributed by atoms with Crippen molar-refractivity contribution in [2.75, 3.05) is 19.8 Å². The second-order valence-electron chi connectivity index (χ2n) is 5.47. The number of fused-ring (bicyclic) bond motifs is 1. The van der Waals surface area contributed by atoms with Crippen LogP contribution in [0.25, 0.3) is 10.9 Å². The van der Waals surface area contributed by atoms with Gasteiger partial charge in [-0.05, 0) is 35.2 Å². The Morgan fingerprint density at radius 1 is 1.29 bits per heavy atom. The molecular formula is C16H18N4O. The van der Waals surface area contributed by atoms with E-state index in [0.717, 1.165) is 25.4 Å². The molecule has 3 aromatic rings. The molecule has 1 aromatic carbocycles. The minimum Gasteiger partial charge on any atom is -0.378 e. The maximum absolute atomic E-state index is 5.64. The number of aromatic amines is 2. The summed E-state index contributed by atoms with van der Waals surface area (Å²) in [6, 6.07) is 11.0. The Morgan fingerprint density at radius 2 is 2.29 bits per heavy atom. The molecule has 0 amide bonds. The van der Waals surface area contributed by atoms with Gasteiger partial charge < -0.3 is 9.72 Å². The van der Waals surface area contributed by atoms with E-state index in [1.807, 2.05) is 12.3 Å². The highest BCUT2D eigenvalue weighted by Gasteiger charge is 2.25. The molecule has 1 saturated heterocycles. The van der Waals surface area contributed by atoms with Crippen LogP contribution in [0.5, 0.6) is 0 Å². The van der Waals surface area contributed by atoms with Gasteiger partial charge in [0.25, 0.3) is 0 Å². The van der Waals surface area contributed by atoms with Crippen LogP contribution in [0.15, 0.2) is 42.7 Å². The summed E-state index contributed by atoms with van der Waals surface area (Å²) in [5, 5.41) is 8.40. The third kappa shape index (κ3) is 2.46. The van der Waals surface area contributed by atoms with Gasteiger partial charge in [-0.1, -0.05) is 6.07 Å². The second-order valence-corrected chi connectivity index (χ2v) is 5.47. The number of morpholine rings is 1. The zero-order valence-corrected chi connectivity index (χ0v) is 11.7. The topological polar surface area (TPSA) is 56.9 Å². The summed E-state index contributed by atoms with van der Waals surface area (Å²) in [4.78, 5) is 5.68. The van der Waals surface area contributed by atoms with Crippen molar-refractivity contribution in [1.82, 2.24) is 20.1 Å². The van der Waals surface area contributed by atoms with E-state index in [1.54, 1.807) is 6.20 Å². The van der Waals surface area contributed by atoms with E-state index in [4.69, 9.17) is 4.74 Å². The molecular weight excluding hydrogens is 264 g/mol. The van der Waals surface area contributed by atoms with E-state index in [-0.39, 0.29) is 6.04 Å². The SMILES string of the molecule is c1cc(C2COCCN2Cc2ccc3[nH]ccc3c2)[nH]n1. The third-order valence-corrected chi connectivity index (χ3v) is 4.12. The normalized spacial score (nSPS) is 20.1. The molecule has 2 aromatic heterocycles. The van der Waals surface area contributed by atoms with E-state index in [1.165, 1.54) is 16.5 Å². The molecule has 1 unspecified atom stereocenters. The van der Waals surface area contributed by atoms with Gasteiger partial charge in [0.1, 0.15) is 0 Å². The number of H-pyrrole nitrogens is 2. The third-order valence-electron chi connectivity index (χ3n) is 4.12. The summed E-state index contributed by atoms with van der Waals surface area (Å²) in [5.41, 5.74) is 3.64. The number of hydrogen-bond acceptors (Lipinski definition) is 3. The van der Waals surface area contributed by atoms with Gasteiger partial charge in [0.2, 0.25) is 0 Å². The molecule has 5 nitrogen and oxygen atoms in total. The van der Waals surface area contributed by atoms with Crippen molar-refractivity contribution in [2.24, 2.45) is 0 Å². The van der Waals surface area contributed by atoms with Crippen LogP contribution >= 0.6 is 0 Å². The maximum atomic E-state index is 5.64. The van der Waals surface area contributed by atoms with Crippen LogP contribution < -0.4 is 0 Å². The van der Waals surface area contributed by atoms with Gasteiger partial charge in [-0.3, -0.25) is 10.00 Å². The van der Waals surface area contributed by atoms with Crippen molar-refractivity contribution in [3.63, 3.8) is 0 Å². The quantitative estimate of drug-likeness (QED) is 0.776. The fourth-order valence-electron chi connectivity index (χ4n) is 3.00. The van der Waals surface area contributed by atoms with Crippen LogP contribution in [-0.4, -0.2) is 39.8 Å². The Labute approximate surface area is 122 Å².